The SMILES string of the molecule is COc1cc(CO)c(OCc2ccc(C(C)(C)C)nc2)c(CO)c1. The largest absolute Gasteiger partial charge is 0.497 e. The molecule has 0 bridgehead atoms. The Morgan fingerprint density at radius 2 is 1.67 bits per heavy atom. The molecule has 0 aliphatic heterocycles. The van der Waals surface area contributed by atoms with E-state index in [1.165, 1.54) is 0 Å². The third-order valence-corrected chi connectivity index (χ3v) is 3.77. The molecule has 24 heavy (non-hydrogen) atoms. The molecule has 0 radical (unpaired) electrons. The zero-order chi connectivity index (χ0) is 17.7. The van der Waals surface area contributed by atoms with Gasteiger partial charge in [-0.05, 0) is 18.2 Å². The molecule has 5 nitrogen and oxygen atoms in total. The van der Waals surface area contributed by atoms with E-state index >= 15 is 0 Å². The molecule has 0 aliphatic rings. The van der Waals surface area contributed by atoms with Gasteiger partial charge < -0.3 is 19.7 Å². The Balaban J connectivity index is 2.19. The lowest BCUT2D eigenvalue weighted by atomic mass is 9.91. The van der Waals surface area contributed by atoms with Gasteiger partial charge in [0.25, 0.3) is 0 Å². The summed E-state index contributed by atoms with van der Waals surface area (Å²) < 4.78 is 11.0. The Morgan fingerprint density at radius 1 is 1.04 bits per heavy atom. The van der Waals surface area contributed by atoms with Crippen LogP contribution >= 0.6 is 0 Å². The average molecular weight is 331 g/mol. The van der Waals surface area contributed by atoms with Crippen molar-refractivity contribution >= 4 is 0 Å². The molecule has 2 N–H and O–H groups in total. The van der Waals surface area contributed by atoms with Gasteiger partial charge in [-0.1, -0.05) is 26.8 Å². The fraction of sp³-hybridized carbons (Fsp3) is 0.421. The van der Waals surface area contributed by atoms with E-state index < -0.39 is 0 Å². The fourth-order valence-corrected chi connectivity index (χ4v) is 2.37. The van der Waals surface area contributed by atoms with Crippen molar-refractivity contribution in [3.63, 3.8) is 0 Å². The minimum Gasteiger partial charge on any atom is -0.497 e. The van der Waals surface area contributed by atoms with Crippen molar-refractivity contribution in [2.75, 3.05) is 7.11 Å². The van der Waals surface area contributed by atoms with E-state index in [0.29, 0.717) is 29.2 Å². The van der Waals surface area contributed by atoms with Crippen molar-refractivity contribution in [3.05, 3.63) is 52.8 Å². The number of aliphatic hydroxyl groups is 2. The van der Waals surface area contributed by atoms with Gasteiger partial charge >= 0.3 is 0 Å². The molecule has 0 atom stereocenters. The molecule has 0 saturated heterocycles. The molecule has 0 spiro atoms. The highest BCUT2D eigenvalue weighted by Crippen LogP contribution is 2.30. The lowest BCUT2D eigenvalue weighted by Gasteiger charge is -2.18. The van der Waals surface area contributed by atoms with E-state index in [9.17, 15) is 10.2 Å². The molecule has 0 saturated carbocycles. The average Bonchev–Trinajstić information content (AvgIpc) is 2.58. The van der Waals surface area contributed by atoms with E-state index in [4.69, 9.17) is 9.47 Å². The smallest absolute Gasteiger partial charge is 0.131 e. The minimum absolute atomic E-state index is 0.00346. The fourth-order valence-electron chi connectivity index (χ4n) is 2.37. The van der Waals surface area contributed by atoms with E-state index in [2.05, 4.69) is 25.8 Å². The summed E-state index contributed by atoms with van der Waals surface area (Å²) in [6.07, 6.45) is 1.79. The van der Waals surface area contributed by atoms with Gasteiger partial charge in [0.2, 0.25) is 0 Å². The first-order valence-corrected chi connectivity index (χ1v) is 7.88. The van der Waals surface area contributed by atoms with Crippen molar-refractivity contribution in [3.8, 4) is 11.5 Å². The molecule has 0 fully saturated rings. The van der Waals surface area contributed by atoms with Gasteiger partial charge in [0.05, 0.1) is 20.3 Å². The Labute approximate surface area is 142 Å². The maximum Gasteiger partial charge on any atom is 0.131 e. The third kappa shape index (κ3) is 4.24. The van der Waals surface area contributed by atoms with Crippen LogP contribution in [0, 0.1) is 0 Å². The Bertz CT molecular complexity index is 650. The number of ether oxygens (including phenoxy) is 2. The van der Waals surface area contributed by atoms with Crippen LogP contribution in [-0.2, 0) is 25.2 Å². The summed E-state index contributed by atoms with van der Waals surface area (Å²) >= 11 is 0. The number of hydrogen-bond donors (Lipinski definition) is 2. The number of nitrogens with zero attached hydrogens (tertiary/aromatic N) is 1. The minimum atomic E-state index is -0.194. The Morgan fingerprint density at radius 3 is 2.08 bits per heavy atom. The Kier molecular flexibility index (Phi) is 5.80. The molecule has 2 aromatic rings. The standard InChI is InChI=1S/C19H25NO4/c1-19(2,3)17-6-5-13(9-20-17)12-24-18-14(10-21)7-16(23-4)8-15(18)11-22/h5-9,21-22H,10-12H2,1-4H3. The molecule has 0 unspecified atom stereocenters. The van der Waals surface area contributed by atoms with Crippen LogP contribution in [0.1, 0.15) is 43.2 Å². The van der Waals surface area contributed by atoms with Gasteiger partial charge in [-0.3, -0.25) is 4.98 Å². The van der Waals surface area contributed by atoms with Crippen LogP contribution in [0.25, 0.3) is 0 Å². The van der Waals surface area contributed by atoms with E-state index in [0.717, 1.165) is 11.3 Å². The van der Waals surface area contributed by atoms with Crippen LogP contribution in [0.3, 0.4) is 0 Å². The first-order valence-electron chi connectivity index (χ1n) is 7.88. The summed E-state index contributed by atoms with van der Waals surface area (Å²) in [5.41, 5.74) is 3.11. The quantitative estimate of drug-likeness (QED) is 0.851. The summed E-state index contributed by atoms with van der Waals surface area (Å²) in [6, 6.07) is 7.38. The number of aliphatic hydroxyl groups excluding tert-OH is 2. The topological polar surface area (TPSA) is 71.8 Å². The molecule has 1 aromatic carbocycles. The van der Waals surface area contributed by atoms with Crippen molar-refractivity contribution in [1.82, 2.24) is 4.98 Å². The molecular formula is C19H25NO4. The number of hydrogen-bond acceptors (Lipinski definition) is 5. The highest BCUT2D eigenvalue weighted by atomic mass is 16.5. The van der Waals surface area contributed by atoms with E-state index in [1.807, 2.05) is 12.1 Å². The second kappa shape index (κ2) is 7.64. The van der Waals surface area contributed by atoms with Gasteiger partial charge in [-0.2, -0.15) is 0 Å². The second-order valence-corrected chi connectivity index (χ2v) is 6.68. The summed E-state index contributed by atoms with van der Waals surface area (Å²) in [5.74, 6) is 1.06. The van der Waals surface area contributed by atoms with Gasteiger partial charge in [-0.25, -0.2) is 0 Å². The van der Waals surface area contributed by atoms with Crippen LogP contribution < -0.4 is 9.47 Å². The normalized spacial score (nSPS) is 11.4. The monoisotopic (exact) mass is 331 g/mol. The van der Waals surface area contributed by atoms with E-state index in [-0.39, 0.29) is 18.6 Å². The highest BCUT2D eigenvalue weighted by Gasteiger charge is 2.15. The van der Waals surface area contributed by atoms with Gasteiger partial charge in [0.1, 0.15) is 18.1 Å². The molecule has 1 heterocycles. The molecule has 130 valence electrons. The van der Waals surface area contributed by atoms with Gasteiger partial charge in [0.15, 0.2) is 0 Å². The number of methoxy groups -OCH3 is 1. The molecule has 1 aromatic heterocycles. The first-order chi connectivity index (χ1) is 11.4. The third-order valence-electron chi connectivity index (χ3n) is 3.77. The maximum atomic E-state index is 9.55. The van der Waals surface area contributed by atoms with Crippen LogP contribution in [0.5, 0.6) is 11.5 Å². The van der Waals surface area contributed by atoms with Crippen LogP contribution in [0.15, 0.2) is 30.5 Å². The number of pyridine rings is 1. The zero-order valence-corrected chi connectivity index (χ0v) is 14.7. The molecule has 0 aliphatic carbocycles. The molecular weight excluding hydrogens is 306 g/mol. The molecule has 2 rings (SSSR count). The van der Waals surface area contributed by atoms with Crippen molar-refractivity contribution in [2.45, 2.75) is 46.0 Å². The van der Waals surface area contributed by atoms with Gasteiger partial charge in [-0.15, -0.1) is 0 Å². The summed E-state index contributed by atoms with van der Waals surface area (Å²) in [4.78, 5) is 4.48. The lowest BCUT2D eigenvalue weighted by Crippen LogP contribution is -2.13. The van der Waals surface area contributed by atoms with Crippen LogP contribution in [0.4, 0.5) is 0 Å². The number of aromatic nitrogens is 1. The first kappa shape index (κ1) is 18.2. The highest BCUT2D eigenvalue weighted by molar-refractivity contribution is 5.47. The molecule has 5 heteroatoms. The number of benzene rings is 1. The van der Waals surface area contributed by atoms with E-state index in [1.54, 1.807) is 25.4 Å². The van der Waals surface area contributed by atoms with Crippen molar-refractivity contribution < 1.29 is 19.7 Å². The lowest BCUT2D eigenvalue weighted by molar-refractivity contribution is 0.241. The predicted molar refractivity (Wildman–Crippen MR) is 92.1 cm³/mol. The second-order valence-electron chi connectivity index (χ2n) is 6.68. The zero-order valence-electron chi connectivity index (χ0n) is 14.7. The Hall–Kier alpha value is -2.11. The van der Waals surface area contributed by atoms with Crippen molar-refractivity contribution in [2.24, 2.45) is 0 Å². The number of rotatable bonds is 6. The van der Waals surface area contributed by atoms with Crippen LogP contribution in [0.2, 0.25) is 0 Å². The maximum absolute atomic E-state index is 9.55. The summed E-state index contributed by atoms with van der Waals surface area (Å²) in [7, 11) is 1.54. The van der Waals surface area contributed by atoms with Crippen molar-refractivity contribution in [1.29, 1.82) is 0 Å². The predicted octanol–water partition coefficient (Wildman–Crippen LogP) is 2.95. The van der Waals surface area contributed by atoms with Crippen LogP contribution in [-0.4, -0.2) is 22.3 Å². The summed E-state index contributed by atoms with van der Waals surface area (Å²) in [5, 5.41) is 19.1. The summed E-state index contributed by atoms with van der Waals surface area (Å²) in [6.45, 7) is 6.27. The van der Waals surface area contributed by atoms with Gasteiger partial charge in [0, 0.05) is 34.0 Å². The molecule has 0 amide bonds.